The first-order valence-electron chi connectivity index (χ1n) is 5.71. The topological polar surface area (TPSA) is 55.1 Å². The summed E-state index contributed by atoms with van der Waals surface area (Å²) in [6, 6.07) is 8.21. The van der Waals surface area contributed by atoms with Crippen LogP contribution >= 0.6 is 34.8 Å². The van der Waals surface area contributed by atoms with Crippen LogP contribution in [0.1, 0.15) is 15.9 Å². The van der Waals surface area contributed by atoms with Crippen LogP contribution in [0.25, 0.3) is 0 Å². The van der Waals surface area contributed by atoms with Crippen LogP contribution in [0, 0.1) is 6.92 Å². The van der Waals surface area contributed by atoms with Crippen molar-refractivity contribution < 1.29 is 4.79 Å². The molecule has 0 atom stereocenters. The van der Waals surface area contributed by atoms with E-state index in [1.807, 2.05) is 6.92 Å². The van der Waals surface area contributed by atoms with Crippen molar-refractivity contribution in [1.29, 1.82) is 0 Å². The fourth-order valence-corrected chi connectivity index (χ4v) is 2.31. The highest BCUT2D eigenvalue weighted by atomic mass is 35.5. The van der Waals surface area contributed by atoms with Gasteiger partial charge in [0.15, 0.2) is 0 Å². The van der Waals surface area contributed by atoms with Gasteiger partial charge in [-0.25, -0.2) is 0 Å². The molecule has 0 fully saturated rings. The number of hydrogen-bond acceptors (Lipinski definition) is 2. The molecule has 0 aliphatic carbocycles. The largest absolute Gasteiger partial charge is 0.399 e. The maximum absolute atomic E-state index is 12.3. The van der Waals surface area contributed by atoms with Crippen molar-refractivity contribution in [3.8, 4) is 0 Å². The highest BCUT2D eigenvalue weighted by Gasteiger charge is 2.15. The van der Waals surface area contributed by atoms with Gasteiger partial charge >= 0.3 is 0 Å². The van der Waals surface area contributed by atoms with Crippen molar-refractivity contribution in [1.82, 2.24) is 0 Å². The minimum absolute atomic E-state index is 0.165. The SMILES string of the molecule is Cc1c(Cl)cccc1NC(=O)c1cc(N)cc(Cl)c1Cl. The normalized spacial score (nSPS) is 10.4. The van der Waals surface area contributed by atoms with Gasteiger partial charge in [0.1, 0.15) is 0 Å². The maximum Gasteiger partial charge on any atom is 0.257 e. The van der Waals surface area contributed by atoms with E-state index in [1.165, 1.54) is 12.1 Å². The average molecular weight is 330 g/mol. The summed E-state index contributed by atoms with van der Waals surface area (Å²) in [7, 11) is 0. The lowest BCUT2D eigenvalue weighted by molar-refractivity contribution is 0.102. The van der Waals surface area contributed by atoms with E-state index < -0.39 is 5.91 Å². The highest BCUT2D eigenvalue weighted by molar-refractivity contribution is 6.44. The Bertz CT molecular complexity index is 686. The second-order valence-corrected chi connectivity index (χ2v) is 5.42. The number of nitrogens with one attached hydrogen (secondary N) is 1. The molecule has 2 aromatic carbocycles. The van der Waals surface area contributed by atoms with Crippen LogP contribution in [0.3, 0.4) is 0 Å². The predicted octanol–water partition coefficient (Wildman–Crippen LogP) is 4.79. The van der Waals surface area contributed by atoms with E-state index in [1.54, 1.807) is 18.2 Å². The van der Waals surface area contributed by atoms with Gasteiger partial charge in [0, 0.05) is 16.4 Å². The van der Waals surface area contributed by atoms with Gasteiger partial charge in [-0.3, -0.25) is 4.79 Å². The molecule has 0 aliphatic rings. The third-order valence-corrected chi connectivity index (χ3v) is 4.02. The first kappa shape index (κ1) is 15.0. The lowest BCUT2D eigenvalue weighted by atomic mass is 10.1. The van der Waals surface area contributed by atoms with Crippen molar-refractivity contribution in [3.05, 3.63) is 56.5 Å². The minimum atomic E-state index is -0.394. The molecule has 0 spiro atoms. The maximum atomic E-state index is 12.3. The molecule has 0 aliphatic heterocycles. The molecule has 0 radical (unpaired) electrons. The molecule has 2 aromatic rings. The number of anilines is 2. The van der Waals surface area contributed by atoms with E-state index in [0.29, 0.717) is 16.4 Å². The van der Waals surface area contributed by atoms with Crippen molar-refractivity contribution >= 4 is 52.1 Å². The van der Waals surface area contributed by atoms with Gasteiger partial charge in [0.2, 0.25) is 0 Å². The van der Waals surface area contributed by atoms with Gasteiger partial charge in [0.05, 0.1) is 15.6 Å². The van der Waals surface area contributed by atoms with Gasteiger partial charge in [-0.2, -0.15) is 0 Å². The van der Waals surface area contributed by atoms with E-state index >= 15 is 0 Å². The third kappa shape index (κ3) is 3.01. The van der Waals surface area contributed by atoms with E-state index in [4.69, 9.17) is 40.5 Å². The summed E-state index contributed by atoms with van der Waals surface area (Å²) >= 11 is 17.9. The zero-order valence-corrected chi connectivity index (χ0v) is 12.8. The van der Waals surface area contributed by atoms with Crippen LogP contribution in [0.5, 0.6) is 0 Å². The third-order valence-electron chi connectivity index (χ3n) is 2.81. The molecule has 0 bridgehead atoms. The summed E-state index contributed by atoms with van der Waals surface area (Å²) in [5.74, 6) is -0.394. The van der Waals surface area contributed by atoms with Crippen molar-refractivity contribution in [2.24, 2.45) is 0 Å². The Hall–Kier alpha value is -1.42. The highest BCUT2D eigenvalue weighted by Crippen LogP contribution is 2.30. The summed E-state index contributed by atoms with van der Waals surface area (Å²) in [4.78, 5) is 12.3. The number of rotatable bonds is 2. The number of nitrogens with two attached hydrogens (primary N) is 1. The standard InChI is InChI=1S/C14H11Cl3N2O/c1-7-10(15)3-2-4-12(7)19-14(20)9-5-8(18)6-11(16)13(9)17/h2-6H,18H2,1H3,(H,19,20). The van der Waals surface area contributed by atoms with Crippen LogP contribution in [-0.4, -0.2) is 5.91 Å². The number of hydrogen-bond donors (Lipinski definition) is 2. The van der Waals surface area contributed by atoms with E-state index in [0.717, 1.165) is 5.56 Å². The zero-order valence-electron chi connectivity index (χ0n) is 10.5. The molecule has 3 nitrogen and oxygen atoms in total. The first-order chi connectivity index (χ1) is 9.40. The van der Waals surface area contributed by atoms with Crippen LogP contribution in [0.4, 0.5) is 11.4 Å². The first-order valence-corrected chi connectivity index (χ1v) is 6.84. The van der Waals surface area contributed by atoms with E-state index in [9.17, 15) is 4.79 Å². The van der Waals surface area contributed by atoms with Gasteiger partial charge in [0.25, 0.3) is 5.91 Å². The lowest BCUT2D eigenvalue weighted by Gasteiger charge is -2.11. The molecule has 0 aromatic heterocycles. The Morgan fingerprint density at radius 3 is 2.55 bits per heavy atom. The van der Waals surface area contributed by atoms with Crippen LogP contribution < -0.4 is 11.1 Å². The van der Waals surface area contributed by atoms with Crippen LogP contribution in [-0.2, 0) is 0 Å². The number of halogens is 3. The number of nitrogen functional groups attached to an aromatic ring is 1. The molecule has 0 unspecified atom stereocenters. The Kier molecular flexibility index (Phi) is 4.43. The molecule has 6 heteroatoms. The molecule has 2 rings (SSSR count). The van der Waals surface area contributed by atoms with Gasteiger partial charge in [-0.15, -0.1) is 0 Å². The molecule has 0 saturated carbocycles. The molecular formula is C14H11Cl3N2O. The van der Waals surface area contributed by atoms with E-state index in [2.05, 4.69) is 5.32 Å². The Morgan fingerprint density at radius 2 is 1.85 bits per heavy atom. The van der Waals surface area contributed by atoms with Gasteiger partial charge < -0.3 is 11.1 Å². The predicted molar refractivity (Wildman–Crippen MR) is 85.0 cm³/mol. The smallest absolute Gasteiger partial charge is 0.257 e. The molecule has 104 valence electrons. The summed E-state index contributed by atoms with van der Waals surface area (Å²) < 4.78 is 0. The molecule has 20 heavy (non-hydrogen) atoms. The number of carbonyl (C=O) groups is 1. The molecule has 0 saturated heterocycles. The Labute approximate surface area is 131 Å². The van der Waals surface area contributed by atoms with Crippen molar-refractivity contribution in [2.75, 3.05) is 11.1 Å². The van der Waals surface area contributed by atoms with Crippen LogP contribution in [0.2, 0.25) is 15.1 Å². The lowest BCUT2D eigenvalue weighted by Crippen LogP contribution is -2.14. The fourth-order valence-electron chi connectivity index (χ4n) is 1.71. The Balaban J connectivity index is 2.36. The van der Waals surface area contributed by atoms with Crippen molar-refractivity contribution in [2.45, 2.75) is 6.92 Å². The summed E-state index contributed by atoms with van der Waals surface area (Å²) in [6.45, 7) is 1.81. The second kappa shape index (κ2) is 5.92. The van der Waals surface area contributed by atoms with E-state index in [-0.39, 0.29) is 15.6 Å². The number of amides is 1. The van der Waals surface area contributed by atoms with Gasteiger partial charge in [-0.05, 0) is 36.8 Å². The quantitative estimate of drug-likeness (QED) is 0.778. The minimum Gasteiger partial charge on any atom is -0.399 e. The van der Waals surface area contributed by atoms with Gasteiger partial charge in [-0.1, -0.05) is 40.9 Å². The molecular weight excluding hydrogens is 319 g/mol. The van der Waals surface area contributed by atoms with Crippen LogP contribution in [0.15, 0.2) is 30.3 Å². The zero-order chi connectivity index (χ0) is 14.9. The summed E-state index contributed by atoms with van der Waals surface area (Å²) in [5, 5.41) is 3.71. The fraction of sp³-hybridized carbons (Fsp3) is 0.0714. The summed E-state index contributed by atoms with van der Waals surface area (Å²) in [6.07, 6.45) is 0. The average Bonchev–Trinajstić information content (AvgIpc) is 2.39. The monoisotopic (exact) mass is 328 g/mol. The molecule has 3 N–H and O–H groups in total. The Morgan fingerprint density at radius 1 is 1.15 bits per heavy atom. The second-order valence-electron chi connectivity index (χ2n) is 4.23. The summed E-state index contributed by atoms with van der Waals surface area (Å²) in [5.41, 5.74) is 7.64. The molecule has 0 heterocycles. The molecule has 1 amide bonds. The van der Waals surface area contributed by atoms with Crippen molar-refractivity contribution in [3.63, 3.8) is 0 Å². The number of carbonyl (C=O) groups excluding carboxylic acids is 1. The number of benzene rings is 2.